The van der Waals surface area contributed by atoms with Crippen LogP contribution in [-0.4, -0.2) is 57.8 Å². The summed E-state index contributed by atoms with van der Waals surface area (Å²) >= 11 is 6.85. The zero-order valence-electron chi connectivity index (χ0n) is 24.4. The van der Waals surface area contributed by atoms with Gasteiger partial charge in [-0.15, -0.1) is 0 Å². The van der Waals surface area contributed by atoms with E-state index >= 15 is 0 Å². The van der Waals surface area contributed by atoms with E-state index in [9.17, 15) is 13.2 Å². The zero-order valence-corrected chi connectivity index (χ0v) is 26.9. The van der Waals surface area contributed by atoms with E-state index in [-0.39, 0.29) is 10.8 Å². The summed E-state index contributed by atoms with van der Waals surface area (Å²) < 4.78 is 36.2. The maximum Gasteiger partial charge on any atom is 0.266 e. The molecule has 0 N–H and O–H groups in total. The molecule has 11 heteroatoms. The monoisotopic (exact) mass is 644 g/mol. The van der Waals surface area contributed by atoms with Crippen LogP contribution >= 0.6 is 24.0 Å². The van der Waals surface area contributed by atoms with Gasteiger partial charge in [-0.05, 0) is 66.8 Å². The van der Waals surface area contributed by atoms with Gasteiger partial charge in [0.15, 0.2) is 0 Å². The number of carbonyl (C=O) groups is 1. The second kappa shape index (κ2) is 12.7. The number of benzene rings is 3. The third-order valence-corrected chi connectivity index (χ3v) is 11.2. The number of aromatic nitrogens is 2. The normalized spacial score (nSPS) is 17.5. The minimum absolute atomic E-state index is 0.190. The summed E-state index contributed by atoms with van der Waals surface area (Å²) in [5.74, 6) is 1.07. The molecule has 1 aromatic heterocycles. The van der Waals surface area contributed by atoms with E-state index in [1.807, 2.05) is 66.9 Å². The van der Waals surface area contributed by atoms with Crippen molar-refractivity contribution < 1.29 is 17.9 Å². The molecule has 1 amide bonds. The highest BCUT2D eigenvalue weighted by molar-refractivity contribution is 8.26. The average Bonchev–Trinajstić information content (AvgIpc) is 3.58. The molecule has 2 aliphatic rings. The molecule has 3 heterocycles. The second-order valence-corrected chi connectivity index (χ2v) is 14.6. The van der Waals surface area contributed by atoms with Crippen molar-refractivity contribution in [3.8, 4) is 22.7 Å². The number of rotatable bonds is 8. The highest BCUT2D eigenvalue weighted by Gasteiger charge is 2.33. The van der Waals surface area contributed by atoms with Crippen molar-refractivity contribution in [1.29, 1.82) is 0 Å². The fourth-order valence-corrected chi connectivity index (χ4v) is 8.06. The summed E-state index contributed by atoms with van der Waals surface area (Å²) in [7, 11) is -2.05. The van der Waals surface area contributed by atoms with Crippen molar-refractivity contribution in [2.45, 2.75) is 31.2 Å². The first-order valence-corrected chi connectivity index (χ1v) is 17.0. The number of methoxy groups -OCH3 is 1. The van der Waals surface area contributed by atoms with Crippen LogP contribution in [0.4, 0.5) is 0 Å². The Morgan fingerprint density at radius 3 is 2.45 bits per heavy atom. The molecular formula is C33H32N4O4S3. The first-order valence-electron chi connectivity index (χ1n) is 14.4. The molecule has 0 unspecified atom stereocenters. The molecule has 3 aromatic carbocycles. The van der Waals surface area contributed by atoms with Crippen molar-refractivity contribution >= 4 is 50.3 Å². The molecule has 0 radical (unpaired) electrons. The minimum atomic E-state index is -3.66. The predicted octanol–water partition coefficient (Wildman–Crippen LogP) is 6.37. The summed E-state index contributed by atoms with van der Waals surface area (Å²) in [6, 6.07) is 24.1. The number of carbonyl (C=O) groups excluding carboxylic acids is 1. The number of amides is 1. The number of hydrogen-bond donors (Lipinski definition) is 0. The van der Waals surface area contributed by atoms with Gasteiger partial charge in [0.25, 0.3) is 5.91 Å². The van der Waals surface area contributed by atoms with E-state index in [1.165, 1.54) is 11.8 Å². The van der Waals surface area contributed by atoms with E-state index in [4.69, 9.17) is 22.1 Å². The Balaban J connectivity index is 1.35. The summed E-state index contributed by atoms with van der Waals surface area (Å²) in [5.41, 5.74) is 3.67. The predicted molar refractivity (Wildman–Crippen MR) is 178 cm³/mol. The number of ether oxygens (including phenoxy) is 1. The second-order valence-electron chi connectivity index (χ2n) is 10.9. The maximum atomic E-state index is 13.6. The fraction of sp³-hybridized carbons (Fsp3) is 0.242. The Morgan fingerprint density at radius 2 is 1.75 bits per heavy atom. The van der Waals surface area contributed by atoms with Gasteiger partial charge in [0.05, 0.1) is 29.1 Å². The number of nitrogens with zero attached hydrogens (tertiary/aromatic N) is 4. The lowest BCUT2D eigenvalue weighted by Crippen LogP contribution is -2.37. The van der Waals surface area contributed by atoms with E-state index in [0.717, 1.165) is 29.8 Å². The van der Waals surface area contributed by atoms with Crippen LogP contribution < -0.4 is 4.74 Å². The Kier molecular flexibility index (Phi) is 8.73. The van der Waals surface area contributed by atoms with Gasteiger partial charge >= 0.3 is 0 Å². The standard InChI is InChI=1S/C33H32N4O4S3/c1-23-15-17-35(18-16-23)44(39,40)29-10-6-7-25(19-29)31-26(22-37(34-31)27-8-4-3-5-9-27)20-30-32(38)36(33(42)43-30)21-24-11-13-28(41-2)14-12-24/h3-14,19-20,22-23H,15-18,21H2,1-2H3. The maximum absolute atomic E-state index is 13.6. The van der Waals surface area contributed by atoms with Gasteiger partial charge in [-0.3, -0.25) is 9.69 Å². The first kappa shape index (κ1) is 30.3. The molecule has 2 aliphatic heterocycles. The highest BCUT2D eigenvalue weighted by atomic mass is 32.2. The summed E-state index contributed by atoms with van der Waals surface area (Å²) in [4.78, 5) is 15.9. The molecule has 226 valence electrons. The molecule has 2 saturated heterocycles. The average molecular weight is 645 g/mol. The van der Waals surface area contributed by atoms with E-state index in [1.54, 1.807) is 45.3 Å². The molecule has 6 rings (SSSR count). The molecule has 0 atom stereocenters. The molecule has 4 aromatic rings. The van der Waals surface area contributed by atoms with Crippen LogP contribution in [0, 0.1) is 5.92 Å². The van der Waals surface area contributed by atoms with Crippen LogP contribution in [-0.2, 0) is 21.4 Å². The molecule has 0 saturated carbocycles. The van der Waals surface area contributed by atoms with Gasteiger partial charge in [-0.25, -0.2) is 13.1 Å². The van der Waals surface area contributed by atoms with E-state index in [0.29, 0.717) is 51.6 Å². The van der Waals surface area contributed by atoms with Crippen LogP contribution in [0.25, 0.3) is 23.0 Å². The lowest BCUT2D eigenvalue weighted by atomic mass is 10.0. The van der Waals surface area contributed by atoms with E-state index < -0.39 is 10.0 Å². The highest BCUT2D eigenvalue weighted by Crippen LogP contribution is 2.36. The smallest absolute Gasteiger partial charge is 0.266 e. The SMILES string of the molecule is COc1ccc(CN2C(=O)C(=Cc3cn(-c4ccccc4)nc3-c3cccc(S(=O)(=O)N4CCC(C)CC4)c3)SC2=S)cc1. The number of hydrogen-bond acceptors (Lipinski definition) is 7. The Morgan fingerprint density at radius 1 is 1.02 bits per heavy atom. The van der Waals surface area contributed by atoms with Crippen LogP contribution in [0.3, 0.4) is 0 Å². The van der Waals surface area contributed by atoms with Crippen molar-refractivity contribution in [2.75, 3.05) is 20.2 Å². The number of thiocarbonyl (C=S) groups is 1. The third kappa shape index (κ3) is 6.23. The number of para-hydroxylation sites is 1. The van der Waals surface area contributed by atoms with Crippen molar-refractivity contribution in [1.82, 2.24) is 19.0 Å². The molecule has 8 nitrogen and oxygen atoms in total. The van der Waals surface area contributed by atoms with Crippen molar-refractivity contribution in [2.24, 2.45) is 5.92 Å². The minimum Gasteiger partial charge on any atom is -0.497 e. The van der Waals surface area contributed by atoms with Gasteiger partial charge in [-0.2, -0.15) is 9.40 Å². The van der Waals surface area contributed by atoms with Gasteiger partial charge in [0, 0.05) is 30.4 Å². The number of piperidine rings is 1. The summed E-state index contributed by atoms with van der Waals surface area (Å²) in [6.45, 7) is 3.53. The fourth-order valence-electron chi connectivity index (χ4n) is 5.30. The lowest BCUT2D eigenvalue weighted by Gasteiger charge is -2.29. The van der Waals surface area contributed by atoms with Crippen LogP contribution in [0.15, 0.2) is 94.9 Å². The van der Waals surface area contributed by atoms with E-state index in [2.05, 4.69) is 6.92 Å². The molecular weight excluding hydrogens is 613 g/mol. The number of sulfonamides is 1. The summed E-state index contributed by atoms with van der Waals surface area (Å²) in [6.07, 6.45) is 5.35. The Bertz CT molecular complexity index is 1830. The van der Waals surface area contributed by atoms with Crippen LogP contribution in [0.1, 0.15) is 30.9 Å². The molecule has 0 bridgehead atoms. The molecule has 0 spiro atoms. The van der Waals surface area contributed by atoms with Gasteiger partial charge in [0.2, 0.25) is 10.0 Å². The first-order chi connectivity index (χ1) is 21.2. The largest absolute Gasteiger partial charge is 0.497 e. The Labute approximate surface area is 267 Å². The third-order valence-electron chi connectivity index (χ3n) is 7.91. The van der Waals surface area contributed by atoms with Gasteiger partial charge in [0.1, 0.15) is 15.8 Å². The Hall–Kier alpha value is -3.77. The molecule has 0 aliphatic carbocycles. The topological polar surface area (TPSA) is 84.7 Å². The quantitative estimate of drug-likeness (QED) is 0.163. The van der Waals surface area contributed by atoms with Gasteiger partial charge < -0.3 is 4.74 Å². The lowest BCUT2D eigenvalue weighted by molar-refractivity contribution is -0.122. The molecule has 2 fully saturated rings. The molecule has 44 heavy (non-hydrogen) atoms. The van der Waals surface area contributed by atoms with Crippen molar-refractivity contribution in [3.63, 3.8) is 0 Å². The van der Waals surface area contributed by atoms with Crippen molar-refractivity contribution in [3.05, 3.63) is 101 Å². The van der Waals surface area contributed by atoms with Crippen LogP contribution in [0.5, 0.6) is 5.75 Å². The zero-order chi connectivity index (χ0) is 30.8. The van der Waals surface area contributed by atoms with Gasteiger partial charge in [-0.1, -0.05) is 73.4 Å². The summed E-state index contributed by atoms with van der Waals surface area (Å²) in [5, 5.41) is 4.87. The number of thioether (sulfide) groups is 1. The van der Waals surface area contributed by atoms with Crippen LogP contribution in [0.2, 0.25) is 0 Å².